The Labute approximate surface area is 99.9 Å². The Balaban J connectivity index is 1.83. The third-order valence-corrected chi connectivity index (χ3v) is 4.02. The van der Waals surface area contributed by atoms with Crippen LogP contribution in [0.25, 0.3) is 0 Å². The predicted molar refractivity (Wildman–Crippen MR) is 69.4 cm³/mol. The van der Waals surface area contributed by atoms with Crippen LogP contribution < -0.4 is 5.73 Å². The molecule has 16 heavy (non-hydrogen) atoms. The van der Waals surface area contributed by atoms with Crippen LogP contribution in [0.1, 0.15) is 46.0 Å². The van der Waals surface area contributed by atoms with Gasteiger partial charge in [-0.1, -0.05) is 25.5 Å². The molecule has 1 fully saturated rings. The molecule has 0 unspecified atom stereocenters. The van der Waals surface area contributed by atoms with E-state index in [2.05, 4.69) is 24.8 Å². The van der Waals surface area contributed by atoms with Gasteiger partial charge in [0.1, 0.15) is 0 Å². The van der Waals surface area contributed by atoms with E-state index in [0.717, 1.165) is 0 Å². The Morgan fingerprint density at radius 3 is 2.69 bits per heavy atom. The van der Waals surface area contributed by atoms with E-state index < -0.39 is 0 Å². The lowest BCUT2D eigenvalue weighted by atomic mass is 9.77. The second kappa shape index (κ2) is 4.89. The van der Waals surface area contributed by atoms with E-state index in [1.165, 1.54) is 51.7 Å². The van der Waals surface area contributed by atoms with Gasteiger partial charge in [0.25, 0.3) is 0 Å². The van der Waals surface area contributed by atoms with Gasteiger partial charge in [0, 0.05) is 12.6 Å². The smallest absolute Gasteiger partial charge is 0.0193 e. The van der Waals surface area contributed by atoms with E-state index >= 15 is 0 Å². The zero-order chi connectivity index (χ0) is 11.6. The molecule has 2 N–H and O–H groups in total. The highest BCUT2D eigenvalue weighted by Crippen LogP contribution is 2.35. The van der Waals surface area contributed by atoms with Gasteiger partial charge in [0.05, 0.1) is 0 Å². The van der Waals surface area contributed by atoms with Crippen molar-refractivity contribution in [3.05, 3.63) is 11.6 Å². The standard InChI is InChI=1S/C14H26N2/c1-14(2)7-3-4-12(10-14)11-16-8-5-13(15)6-9-16/h4,13H,3,5-11,15H2,1-2H3. The van der Waals surface area contributed by atoms with Crippen LogP contribution in [0.4, 0.5) is 0 Å². The number of allylic oxidation sites excluding steroid dienone is 1. The molecule has 0 amide bonds. The molecule has 0 spiro atoms. The van der Waals surface area contributed by atoms with E-state index in [9.17, 15) is 0 Å². The van der Waals surface area contributed by atoms with Gasteiger partial charge in [-0.05, 0) is 50.6 Å². The van der Waals surface area contributed by atoms with E-state index in [1.54, 1.807) is 5.57 Å². The molecule has 2 rings (SSSR count). The van der Waals surface area contributed by atoms with Crippen LogP contribution in [-0.4, -0.2) is 30.6 Å². The van der Waals surface area contributed by atoms with Gasteiger partial charge in [0.2, 0.25) is 0 Å². The molecule has 2 aliphatic rings. The first-order valence-corrected chi connectivity index (χ1v) is 6.71. The Kier molecular flexibility index (Phi) is 3.70. The average Bonchev–Trinajstić information content (AvgIpc) is 2.20. The summed E-state index contributed by atoms with van der Waals surface area (Å²) in [6.45, 7) is 8.37. The molecule has 0 atom stereocenters. The minimum atomic E-state index is 0.452. The fourth-order valence-electron chi connectivity index (χ4n) is 2.96. The minimum Gasteiger partial charge on any atom is -0.328 e. The maximum Gasteiger partial charge on any atom is 0.0193 e. The quantitative estimate of drug-likeness (QED) is 0.728. The molecule has 2 nitrogen and oxygen atoms in total. The molecule has 2 heteroatoms. The van der Waals surface area contributed by atoms with Gasteiger partial charge < -0.3 is 5.73 Å². The van der Waals surface area contributed by atoms with Crippen LogP contribution in [0.5, 0.6) is 0 Å². The molecular formula is C14H26N2. The fourth-order valence-corrected chi connectivity index (χ4v) is 2.96. The summed E-state index contributed by atoms with van der Waals surface area (Å²) in [5.41, 5.74) is 8.11. The second-order valence-corrected chi connectivity index (χ2v) is 6.36. The number of hydrogen-bond acceptors (Lipinski definition) is 2. The zero-order valence-electron chi connectivity index (χ0n) is 10.8. The monoisotopic (exact) mass is 222 g/mol. The molecule has 0 saturated carbocycles. The summed E-state index contributed by atoms with van der Waals surface area (Å²) in [7, 11) is 0. The van der Waals surface area contributed by atoms with Crippen LogP contribution in [0, 0.1) is 5.41 Å². The Hall–Kier alpha value is -0.340. The maximum atomic E-state index is 5.93. The van der Waals surface area contributed by atoms with Crippen LogP contribution in [-0.2, 0) is 0 Å². The van der Waals surface area contributed by atoms with E-state index in [0.29, 0.717) is 11.5 Å². The fraction of sp³-hybridized carbons (Fsp3) is 0.857. The van der Waals surface area contributed by atoms with Crippen molar-refractivity contribution in [3.63, 3.8) is 0 Å². The van der Waals surface area contributed by atoms with Gasteiger partial charge >= 0.3 is 0 Å². The third-order valence-electron chi connectivity index (χ3n) is 4.02. The predicted octanol–water partition coefficient (Wildman–Crippen LogP) is 2.55. The number of hydrogen-bond donors (Lipinski definition) is 1. The van der Waals surface area contributed by atoms with E-state index in [-0.39, 0.29) is 0 Å². The third kappa shape index (κ3) is 3.33. The van der Waals surface area contributed by atoms with Crippen molar-refractivity contribution in [2.75, 3.05) is 19.6 Å². The Bertz CT molecular complexity index is 260. The molecule has 0 radical (unpaired) electrons. The molecule has 1 heterocycles. The van der Waals surface area contributed by atoms with Crippen molar-refractivity contribution >= 4 is 0 Å². The van der Waals surface area contributed by atoms with Crippen LogP contribution in [0.3, 0.4) is 0 Å². The lowest BCUT2D eigenvalue weighted by Crippen LogP contribution is -2.40. The highest BCUT2D eigenvalue weighted by atomic mass is 15.1. The summed E-state index contributed by atoms with van der Waals surface area (Å²) >= 11 is 0. The Morgan fingerprint density at radius 2 is 2.06 bits per heavy atom. The second-order valence-electron chi connectivity index (χ2n) is 6.36. The summed E-state index contributed by atoms with van der Waals surface area (Å²) < 4.78 is 0. The molecule has 0 aromatic rings. The molecule has 1 aliphatic carbocycles. The van der Waals surface area contributed by atoms with Crippen molar-refractivity contribution in [2.45, 2.75) is 52.0 Å². The first kappa shape index (κ1) is 12.1. The molecule has 92 valence electrons. The van der Waals surface area contributed by atoms with Crippen LogP contribution in [0.15, 0.2) is 11.6 Å². The summed E-state index contributed by atoms with van der Waals surface area (Å²) in [5.74, 6) is 0. The summed E-state index contributed by atoms with van der Waals surface area (Å²) in [6, 6.07) is 0.452. The highest BCUT2D eigenvalue weighted by Gasteiger charge is 2.24. The van der Waals surface area contributed by atoms with E-state index in [1.807, 2.05) is 0 Å². The molecule has 1 aliphatic heterocycles. The maximum absolute atomic E-state index is 5.93. The van der Waals surface area contributed by atoms with Crippen LogP contribution >= 0.6 is 0 Å². The van der Waals surface area contributed by atoms with Crippen molar-refractivity contribution in [1.82, 2.24) is 4.90 Å². The number of nitrogens with two attached hydrogens (primary N) is 1. The lowest BCUT2D eigenvalue weighted by molar-refractivity contribution is 0.217. The SMILES string of the molecule is CC1(C)CCC=C(CN2CCC(N)CC2)C1. The van der Waals surface area contributed by atoms with E-state index in [4.69, 9.17) is 5.73 Å². The summed E-state index contributed by atoms with van der Waals surface area (Å²) in [5, 5.41) is 0. The van der Waals surface area contributed by atoms with Gasteiger partial charge in [-0.3, -0.25) is 4.90 Å². The largest absolute Gasteiger partial charge is 0.328 e. The molecular weight excluding hydrogens is 196 g/mol. The van der Waals surface area contributed by atoms with Gasteiger partial charge in [0.15, 0.2) is 0 Å². The van der Waals surface area contributed by atoms with Crippen molar-refractivity contribution in [3.8, 4) is 0 Å². The first-order valence-electron chi connectivity index (χ1n) is 6.71. The summed E-state index contributed by atoms with van der Waals surface area (Å²) in [4.78, 5) is 2.58. The summed E-state index contributed by atoms with van der Waals surface area (Å²) in [6.07, 6.45) is 8.74. The molecule has 0 aromatic carbocycles. The van der Waals surface area contributed by atoms with Gasteiger partial charge in [-0.15, -0.1) is 0 Å². The number of likely N-dealkylation sites (tertiary alicyclic amines) is 1. The van der Waals surface area contributed by atoms with Gasteiger partial charge in [-0.2, -0.15) is 0 Å². The first-order chi connectivity index (χ1) is 7.55. The Morgan fingerprint density at radius 1 is 1.38 bits per heavy atom. The topological polar surface area (TPSA) is 29.3 Å². The molecule has 0 bridgehead atoms. The average molecular weight is 222 g/mol. The molecule has 1 saturated heterocycles. The highest BCUT2D eigenvalue weighted by molar-refractivity contribution is 5.11. The van der Waals surface area contributed by atoms with Crippen molar-refractivity contribution < 1.29 is 0 Å². The zero-order valence-corrected chi connectivity index (χ0v) is 10.8. The van der Waals surface area contributed by atoms with Crippen molar-refractivity contribution in [1.29, 1.82) is 0 Å². The van der Waals surface area contributed by atoms with Gasteiger partial charge in [-0.25, -0.2) is 0 Å². The normalized spacial score (nSPS) is 27.8. The number of rotatable bonds is 2. The van der Waals surface area contributed by atoms with Crippen LogP contribution in [0.2, 0.25) is 0 Å². The van der Waals surface area contributed by atoms with Crippen molar-refractivity contribution in [2.24, 2.45) is 11.1 Å². The number of nitrogens with zero attached hydrogens (tertiary/aromatic N) is 1. The minimum absolute atomic E-state index is 0.452. The number of piperidine rings is 1. The molecule has 0 aromatic heterocycles. The lowest BCUT2D eigenvalue weighted by Gasteiger charge is -2.35.